The van der Waals surface area contributed by atoms with Crippen LogP contribution in [0.25, 0.3) is 11.0 Å². The van der Waals surface area contributed by atoms with Crippen LogP contribution in [-0.4, -0.2) is 41.5 Å². The summed E-state index contributed by atoms with van der Waals surface area (Å²) in [6, 6.07) is 2.12. The van der Waals surface area contributed by atoms with Crippen LogP contribution in [-0.2, 0) is 6.42 Å². The Morgan fingerprint density at radius 1 is 1.52 bits per heavy atom. The molecule has 0 radical (unpaired) electrons. The molecular formula is C16H19N3O2. The fourth-order valence-corrected chi connectivity index (χ4v) is 3.57. The number of nitrogens with zero attached hydrogens (tertiary/aromatic N) is 2. The van der Waals surface area contributed by atoms with Gasteiger partial charge in [0, 0.05) is 24.5 Å². The number of amides is 1. The smallest absolute Gasteiger partial charge is 0.270 e. The highest BCUT2D eigenvalue weighted by Crippen LogP contribution is 2.28. The maximum Gasteiger partial charge on any atom is 0.270 e. The molecule has 2 saturated heterocycles. The monoisotopic (exact) mass is 285 g/mol. The molecule has 1 amide bonds. The molecule has 0 saturated carbocycles. The molecule has 4 heterocycles. The molecule has 21 heavy (non-hydrogen) atoms. The number of carbonyl (C=O) groups excluding carboxylic acids is 1. The zero-order chi connectivity index (χ0) is 14.4. The van der Waals surface area contributed by atoms with Gasteiger partial charge in [-0.1, -0.05) is 6.92 Å². The Bertz CT molecular complexity index is 694. The third-order valence-electron chi connectivity index (χ3n) is 4.80. The molecule has 2 aliphatic heterocycles. The maximum atomic E-state index is 12.4. The van der Waals surface area contributed by atoms with Crippen LogP contribution < -0.4 is 5.32 Å². The van der Waals surface area contributed by atoms with E-state index in [1.807, 2.05) is 6.07 Å². The van der Waals surface area contributed by atoms with Crippen LogP contribution in [0.2, 0.25) is 0 Å². The van der Waals surface area contributed by atoms with E-state index in [0.29, 0.717) is 11.6 Å². The zero-order valence-electron chi connectivity index (χ0n) is 12.1. The molecule has 0 spiro atoms. The van der Waals surface area contributed by atoms with Gasteiger partial charge in [0.05, 0.1) is 12.5 Å². The minimum atomic E-state index is -0.0705. The van der Waals surface area contributed by atoms with E-state index >= 15 is 0 Å². The fourth-order valence-electron chi connectivity index (χ4n) is 3.57. The van der Waals surface area contributed by atoms with Gasteiger partial charge in [-0.05, 0) is 36.9 Å². The first-order chi connectivity index (χ1) is 10.2. The molecule has 2 aromatic rings. The quantitative estimate of drug-likeness (QED) is 0.934. The number of nitrogens with one attached hydrogen (secondary N) is 1. The molecule has 110 valence electrons. The number of fused-ring (bicyclic) bond motifs is 3. The Labute approximate surface area is 123 Å². The third kappa shape index (κ3) is 2.12. The standard InChI is InChI=1S/C16H19N3O2/c1-2-10-9-21-15-6-17-13(5-12(10)15)16(20)18-14-8-19-4-3-11(14)7-19/h5-6,9,11,14H,2-4,7-8H2,1H3,(H,18,20)/t11?,14-/m1/s1. The van der Waals surface area contributed by atoms with Crippen molar-refractivity contribution in [2.45, 2.75) is 25.8 Å². The minimum Gasteiger partial charge on any atom is -0.462 e. The van der Waals surface area contributed by atoms with Gasteiger partial charge in [-0.25, -0.2) is 4.98 Å². The Kier molecular flexibility index (Phi) is 2.96. The molecule has 2 aromatic heterocycles. The van der Waals surface area contributed by atoms with Gasteiger partial charge in [0.25, 0.3) is 5.91 Å². The van der Waals surface area contributed by atoms with Crippen LogP contribution in [0.1, 0.15) is 29.4 Å². The van der Waals surface area contributed by atoms with Gasteiger partial charge < -0.3 is 14.6 Å². The lowest BCUT2D eigenvalue weighted by atomic mass is 10.00. The van der Waals surface area contributed by atoms with Gasteiger partial charge in [0.2, 0.25) is 0 Å². The number of aromatic nitrogens is 1. The summed E-state index contributed by atoms with van der Waals surface area (Å²) in [5.41, 5.74) is 2.35. The van der Waals surface area contributed by atoms with Crippen LogP contribution in [0.5, 0.6) is 0 Å². The lowest BCUT2D eigenvalue weighted by Crippen LogP contribution is -2.43. The van der Waals surface area contributed by atoms with E-state index in [9.17, 15) is 4.79 Å². The second-order valence-corrected chi connectivity index (χ2v) is 6.07. The molecule has 5 nitrogen and oxygen atoms in total. The van der Waals surface area contributed by atoms with E-state index in [4.69, 9.17) is 4.42 Å². The number of piperidine rings is 1. The molecule has 0 aromatic carbocycles. The highest BCUT2D eigenvalue weighted by Gasteiger charge is 2.38. The Balaban J connectivity index is 1.56. The normalized spacial score (nSPS) is 27.4. The second kappa shape index (κ2) is 4.84. The molecule has 0 aliphatic carbocycles. The van der Waals surface area contributed by atoms with E-state index in [1.165, 1.54) is 13.0 Å². The van der Waals surface area contributed by atoms with Crippen LogP contribution >= 0.6 is 0 Å². The van der Waals surface area contributed by atoms with Crippen LogP contribution in [0.4, 0.5) is 0 Å². The fraction of sp³-hybridized carbons (Fsp3) is 0.500. The van der Waals surface area contributed by atoms with E-state index in [0.717, 1.165) is 36.0 Å². The highest BCUT2D eigenvalue weighted by molar-refractivity contribution is 5.96. The first-order valence-corrected chi connectivity index (χ1v) is 7.64. The number of carbonyl (C=O) groups is 1. The molecule has 1 N–H and O–H groups in total. The molecule has 2 bridgehead atoms. The molecule has 2 aliphatic rings. The van der Waals surface area contributed by atoms with Crippen LogP contribution in [0.15, 0.2) is 22.9 Å². The van der Waals surface area contributed by atoms with E-state index in [1.54, 1.807) is 12.5 Å². The van der Waals surface area contributed by atoms with Gasteiger partial charge in [-0.2, -0.15) is 0 Å². The summed E-state index contributed by atoms with van der Waals surface area (Å²) in [5, 5.41) is 4.14. The number of pyridine rings is 1. The van der Waals surface area contributed by atoms with Crippen molar-refractivity contribution in [1.29, 1.82) is 0 Å². The van der Waals surface area contributed by atoms with E-state index < -0.39 is 0 Å². The van der Waals surface area contributed by atoms with Crippen molar-refractivity contribution < 1.29 is 9.21 Å². The van der Waals surface area contributed by atoms with Gasteiger partial charge in [-0.3, -0.25) is 4.79 Å². The number of hydrogen-bond donors (Lipinski definition) is 1. The Morgan fingerprint density at radius 2 is 2.43 bits per heavy atom. The third-order valence-corrected chi connectivity index (χ3v) is 4.80. The molecule has 5 heteroatoms. The Morgan fingerprint density at radius 3 is 3.14 bits per heavy atom. The van der Waals surface area contributed by atoms with Crippen molar-refractivity contribution >= 4 is 16.9 Å². The number of hydrogen-bond acceptors (Lipinski definition) is 4. The highest BCUT2D eigenvalue weighted by atomic mass is 16.3. The minimum absolute atomic E-state index is 0.0705. The second-order valence-electron chi connectivity index (χ2n) is 6.07. The van der Waals surface area contributed by atoms with E-state index in [-0.39, 0.29) is 11.9 Å². The summed E-state index contributed by atoms with van der Waals surface area (Å²) in [4.78, 5) is 19.1. The average Bonchev–Trinajstić information content (AvgIpc) is 3.21. The van der Waals surface area contributed by atoms with Crippen molar-refractivity contribution in [2.75, 3.05) is 19.6 Å². The van der Waals surface area contributed by atoms with Crippen molar-refractivity contribution in [3.8, 4) is 0 Å². The van der Waals surface area contributed by atoms with Crippen molar-refractivity contribution in [3.63, 3.8) is 0 Å². The summed E-state index contributed by atoms with van der Waals surface area (Å²) in [7, 11) is 0. The molecular weight excluding hydrogens is 266 g/mol. The van der Waals surface area contributed by atoms with Crippen molar-refractivity contribution in [3.05, 3.63) is 29.8 Å². The number of rotatable bonds is 3. The average molecular weight is 285 g/mol. The molecule has 2 unspecified atom stereocenters. The van der Waals surface area contributed by atoms with Crippen LogP contribution in [0.3, 0.4) is 0 Å². The van der Waals surface area contributed by atoms with Gasteiger partial charge in [0.15, 0.2) is 5.58 Å². The number of aryl methyl sites for hydroxylation is 1. The summed E-state index contributed by atoms with van der Waals surface area (Å²) in [5.74, 6) is 0.539. The maximum absolute atomic E-state index is 12.4. The lowest BCUT2D eigenvalue weighted by molar-refractivity contribution is 0.0919. The van der Waals surface area contributed by atoms with Crippen molar-refractivity contribution in [1.82, 2.24) is 15.2 Å². The summed E-state index contributed by atoms with van der Waals surface area (Å²) in [6.07, 6.45) is 5.47. The topological polar surface area (TPSA) is 58.4 Å². The largest absolute Gasteiger partial charge is 0.462 e. The predicted molar refractivity (Wildman–Crippen MR) is 79.2 cm³/mol. The van der Waals surface area contributed by atoms with Gasteiger partial charge >= 0.3 is 0 Å². The Hall–Kier alpha value is -1.88. The molecule has 4 rings (SSSR count). The SMILES string of the molecule is CCc1coc2cnc(C(=O)N[C@@H]3CN4CCC3C4)cc12. The van der Waals surface area contributed by atoms with Gasteiger partial charge in [-0.15, -0.1) is 0 Å². The van der Waals surface area contributed by atoms with Crippen molar-refractivity contribution in [2.24, 2.45) is 5.92 Å². The number of furan rings is 1. The summed E-state index contributed by atoms with van der Waals surface area (Å²) < 4.78 is 5.45. The first-order valence-electron chi connectivity index (χ1n) is 7.64. The van der Waals surface area contributed by atoms with E-state index in [2.05, 4.69) is 22.1 Å². The molecule has 2 fully saturated rings. The lowest BCUT2D eigenvalue weighted by Gasteiger charge is -2.22. The summed E-state index contributed by atoms with van der Waals surface area (Å²) >= 11 is 0. The molecule has 3 atom stereocenters. The summed E-state index contributed by atoms with van der Waals surface area (Å²) in [6.45, 7) is 5.36. The zero-order valence-corrected chi connectivity index (χ0v) is 12.1. The predicted octanol–water partition coefficient (Wildman–Crippen LogP) is 1.82. The van der Waals surface area contributed by atoms with Crippen LogP contribution in [0, 0.1) is 5.92 Å². The van der Waals surface area contributed by atoms with Gasteiger partial charge in [0.1, 0.15) is 5.69 Å². The first kappa shape index (κ1) is 12.8.